The molecule has 0 spiro atoms. The van der Waals surface area contributed by atoms with Crippen LogP contribution in [0, 0.1) is 0 Å². The van der Waals surface area contributed by atoms with E-state index >= 15 is 0 Å². The van der Waals surface area contributed by atoms with Gasteiger partial charge < -0.3 is 21.5 Å². The van der Waals surface area contributed by atoms with E-state index in [1.807, 2.05) is 0 Å². The van der Waals surface area contributed by atoms with Crippen molar-refractivity contribution in [3.63, 3.8) is 0 Å². The van der Waals surface area contributed by atoms with Crippen LogP contribution in [0.2, 0.25) is 0 Å². The number of nitrogens with zero attached hydrogens (tertiary/aromatic N) is 1. The van der Waals surface area contributed by atoms with Gasteiger partial charge in [0.05, 0.1) is 22.2 Å². The second-order valence-electron chi connectivity index (χ2n) is 9.35. The lowest BCUT2D eigenvalue weighted by molar-refractivity contribution is -1.08. The molecule has 0 fully saturated rings. The van der Waals surface area contributed by atoms with Gasteiger partial charge in [-0.05, 0) is 83.1 Å². The molecule has 0 radical (unpaired) electrons. The van der Waals surface area contributed by atoms with Crippen LogP contribution in [0.25, 0.3) is 0 Å². The van der Waals surface area contributed by atoms with E-state index in [0.29, 0.717) is 0 Å². The van der Waals surface area contributed by atoms with Gasteiger partial charge in [0.15, 0.2) is 0 Å². The molecule has 0 atom stereocenters. The summed E-state index contributed by atoms with van der Waals surface area (Å²) >= 11 is 0. The van der Waals surface area contributed by atoms with Gasteiger partial charge in [-0.3, -0.25) is 0 Å². The topological polar surface area (TPSA) is 0 Å². The third-order valence-corrected chi connectivity index (χ3v) is 4.02. The zero-order valence-electron chi connectivity index (χ0n) is 14.8. The maximum absolute atomic E-state index is 2.38. The van der Waals surface area contributed by atoms with Gasteiger partial charge >= 0.3 is 0 Å². The first-order valence-electron chi connectivity index (χ1n) is 6.89. The van der Waals surface area contributed by atoms with Crippen LogP contribution < -0.4 is 17.0 Å². The first-order valence-corrected chi connectivity index (χ1v) is 6.89. The molecule has 0 N–H and O–H groups in total. The van der Waals surface area contributed by atoms with Gasteiger partial charge in [0.1, 0.15) is 0 Å². The Hall–Kier alpha value is 0.440. The molecule has 0 aliphatic heterocycles. The van der Waals surface area contributed by atoms with Crippen LogP contribution in [0.3, 0.4) is 0 Å². The fraction of sp³-hybridized carbons (Fsp3) is 1.00. The molecule has 0 saturated carbocycles. The third-order valence-electron chi connectivity index (χ3n) is 4.02. The van der Waals surface area contributed by atoms with Gasteiger partial charge in [-0.1, -0.05) is 0 Å². The average Bonchev–Trinajstić information content (AvgIpc) is 1.67. The minimum Gasteiger partial charge on any atom is -1.00 e. The predicted octanol–water partition coefficient (Wildman–Crippen LogP) is 2.00. The first-order chi connectivity index (χ1) is 7.00. The minimum absolute atomic E-state index is 0. The number of hydrogen-bond acceptors (Lipinski definition) is 0. The van der Waals surface area contributed by atoms with Crippen LogP contribution in [-0.4, -0.2) is 26.6 Å². The lowest BCUT2D eigenvalue weighted by Gasteiger charge is -2.70. The summed E-state index contributed by atoms with van der Waals surface area (Å²) in [4.78, 5) is 0. The molecule has 0 aliphatic carbocycles. The number of quaternary nitrogens is 1. The molecule has 112 valence electrons. The Morgan fingerprint density at radius 3 is 0.500 bits per heavy atom. The smallest absolute Gasteiger partial charge is 0.0918 e. The predicted molar refractivity (Wildman–Crippen MR) is 79.3 cm³/mol. The molecule has 0 aliphatic rings. The molecular weight excluding hydrogens is 286 g/mol. The summed E-state index contributed by atoms with van der Waals surface area (Å²) in [6.07, 6.45) is 0. The van der Waals surface area contributed by atoms with Crippen molar-refractivity contribution in [1.82, 2.24) is 0 Å². The molecule has 1 nitrogen and oxygen atoms in total. The zero-order valence-corrected chi connectivity index (χ0v) is 16.4. The molecule has 0 saturated heterocycles. The first kappa shape index (κ1) is 20.8. The van der Waals surface area contributed by atoms with Gasteiger partial charge in [0, 0.05) is 0 Å². The Balaban J connectivity index is 0. The van der Waals surface area contributed by atoms with Crippen LogP contribution in [-0.2, 0) is 0 Å². The molecular formula is C16H36BrN. The van der Waals surface area contributed by atoms with E-state index in [0.717, 1.165) is 4.48 Å². The van der Waals surface area contributed by atoms with Crippen molar-refractivity contribution in [2.75, 3.05) is 0 Å². The van der Waals surface area contributed by atoms with E-state index < -0.39 is 0 Å². The van der Waals surface area contributed by atoms with Gasteiger partial charge in [0.25, 0.3) is 0 Å². The SMILES string of the molecule is CC(C)(C)[N+](C(C)(C)C)(C(C)(C)C)C(C)(C)C.[Br-]. The largest absolute Gasteiger partial charge is 1.00 e. The van der Waals surface area contributed by atoms with Crippen molar-refractivity contribution < 1.29 is 21.5 Å². The summed E-state index contributed by atoms with van der Waals surface area (Å²) in [5.41, 5.74) is 0.812. The summed E-state index contributed by atoms with van der Waals surface area (Å²) in [6, 6.07) is 0. The Morgan fingerprint density at radius 2 is 0.500 bits per heavy atom. The Kier molecular flexibility index (Phi) is 5.86. The molecule has 18 heavy (non-hydrogen) atoms. The highest BCUT2D eigenvalue weighted by molar-refractivity contribution is 4.88. The van der Waals surface area contributed by atoms with Crippen molar-refractivity contribution in [2.45, 2.75) is 105 Å². The Labute approximate surface area is 127 Å². The second kappa shape index (κ2) is 5.09. The number of hydrogen-bond donors (Lipinski definition) is 0. The number of rotatable bonds is 0. The van der Waals surface area contributed by atoms with Crippen molar-refractivity contribution in [1.29, 1.82) is 0 Å². The highest BCUT2D eigenvalue weighted by Crippen LogP contribution is 2.50. The summed E-state index contributed by atoms with van der Waals surface area (Å²) in [6.45, 7) is 28.6. The Morgan fingerprint density at radius 1 is 0.389 bits per heavy atom. The van der Waals surface area contributed by atoms with Gasteiger partial charge in [-0.15, -0.1) is 0 Å². The molecule has 0 unspecified atom stereocenters. The lowest BCUT2D eigenvalue weighted by Crippen LogP contribution is -3.00. The molecule has 0 aromatic rings. The normalized spacial score (nSPS) is 15.3. The quantitative estimate of drug-likeness (QED) is 0.599. The summed E-state index contributed by atoms with van der Waals surface area (Å²) in [5.74, 6) is 0. The minimum atomic E-state index is 0. The van der Waals surface area contributed by atoms with E-state index in [2.05, 4.69) is 83.1 Å². The van der Waals surface area contributed by atoms with E-state index in [4.69, 9.17) is 0 Å². The average molecular weight is 322 g/mol. The highest BCUT2D eigenvalue weighted by atomic mass is 79.9. The molecule has 0 rings (SSSR count). The van der Waals surface area contributed by atoms with Crippen LogP contribution >= 0.6 is 0 Å². The van der Waals surface area contributed by atoms with E-state index in [-0.39, 0.29) is 39.1 Å². The molecule has 0 bridgehead atoms. The third kappa shape index (κ3) is 2.95. The molecule has 0 aromatic heterocycles. The van der Waals surface area contributed by atoms with Crippen molar-refractivity contribution in [3.8, 4) is 0 Å². The zero-order chi connectivity index (χ0) is 14.5. The fourth-order valence-corrected chi connectivity index (χ4v) is 6.04. The molecule has 0 aromatic carbocycles. The van der Waals surface area contributed by atoms with Crippen LogP contribution in [0.5, 0.6) is 0 Å². The van der Waals surface area contributed by atoms with Crippen LogP contribution in [0.4, 0.5) is 0 Å². The molecule has 2 heteroatoms. The van der Waals surface area contributed by atoms with Gasteiger partial charge in [-0.2, -0.15) is 0 Å². The number of halogens is 1. The summed E-state index contributed by atoms with van der Waals surface area (Å²) < 4.78 is 1.08. The maximum atomic E-state index is 2.38. The van der Waals surface area contributed by atoms with Gasteiger partial charge in [0.2, 0.25) is 0 Å². The van der Waals surface area contributed by atoms with Crippen molar-refractivity contribution in [2.24, 2.45) is 0 Å². The highest BCUT2D eigenvalue weighted by Gasteiger charge is 2.62. The molecule has 0 amide bonds. The lowest BCUT2D eigenvalue weighted by atomic mass is 9.75. The van der Waals surface area contributed by atoms with E-state index in [1.165, 1.54) is 0 Å². The molecule has 0 heterocycles. The van der Waals surface area contributed by atoms with E-state index in [9.17, 15) is 0 Å². The fourth-order valence-electron chi connectivity index (χ4n) is 6.04. The monoisotopic (exact) mass is 321 g/mol. The summed E-state index contributed by atoms with van der Waals surface area (Å²) in [5, 5.41) is 0. The Bertz CT molecular complexity index is 204. The summed E-state index contributed by atoms with van der Waals surface area (Å²) in [7, 11) is 0. The van der Waals surface area contributed by atoms with Crippen molar-refractivity contribution >= 4 is 0 Å². The standard InChI is InChI=1S/C16H36N.BrH/c1-13(2,3)17(14(4,5)6,15(7,8)9)16(10,11)12;/h1-12H3;1H/q+1;/p-1. The van der Waals surface area contributed by atoms with E-state index in [1.54, 1.807) is 0 Å². The van der Waals surface area contributed by atoms with Gasteiger partial charge in [-0.25, -0.2) is 0 Å². The van der Waals surface area contributed by atoms with Crippen molar-refractivity contribution in [3.05, 3.63) is 0 Å². The maximum Gasteiger partial charge on any atom is 0.0918 e. The van der Waals surface area contributed by atoms with Crippen LogP contribution in [0.1, 0.15) is 83.1 Å². The second-order valence-corrected chi connectivity index (χ2v) is 9.35. The van der Waals surface area contributed by atoms with Crippen LogP contribution in [0.15, 0.2) is 0 Å².